The normalized spacial score (nSPS) is 13.8. The smallest absolute Gasteiger partial charge is 0.338 e. The number of nitrogens with zero attached hydrogens (tertiary/aromatic N) is 1. The van der Waals surface area contributed by atoms with Crippen LogP contribution in [0.25, 0.3) is 21.7 Å². The summed E-state index contributed by atoms with van der Waals surface area (Å²) in [6.45, 7) is 1.28. The van der Waals surface area contributed by atoms with Gasteiger partial charge in [0.15, 0.2) is 0 Å². The molecule has 0 atom stereocenters. The van der Waals surface area contributed by atoms with E-state index in [4.69, 9.17) is 9.15 Å². The lowest BCUT2D eigenvalue weighted by Gasteiger charge is -2.15. The minimum absolute atomic E-state index is 0.0427. The molecule has 160 valence electrons. The van der Waals surface area contributed by atoms with Gasteiger partial charge in [-0.05, 0) is 41.0 Å². The molecule has 6 heteroatoms. The monoisotopic (exact) mass is 427 g/mol. The van der Waals surface area contributed by atoms with Gasteiger partial charge in [0.1, 0.15) is 12.2 Å². The number of carbonyl (C=O) groups excluding carboxylic acids is 2. The summed E-state index contributed by atoms with van der Waals surface area (Å²) in [6.07, 6.45) is 1.50. The molecule has 1 aliphatic rings. The average molecular weight is 427 g/mol. The number of carbonyl (C=O) groups is 2. The first-order valence-corrected chi connectivity index (χ1v) is 10.6. The lowest BCUT2D eigenvalue weighted by molar-refractivity contribution is -0.128. The molecule has 0 N–H and O–H groups in total. The van der Waals surface area contributed by atoms with Gasteiger partial charge in [0, 0.05) is 36.5 Å². The maximum Gasteiger partial charge on any atom is 0.338 e. The molecule has 0 aliphatic carbocycles. The Morgan fingerprint density at radius 2 is 1.81 bits per heavy atom. The summed E-state index contributed by atoms with van der Waals surface area (Å²) in [7, 11) is 0. The van der Waals surface area contributed by atoms with Crippen LogP contribution in [0.3, 0.4) is 0 Å². The molecule has 0 saturated carbocycles. The van der Waals surface area contributed by atoms with Crippen molar-refractivity contribution in [2.75, 3.05) is 6.54 Å². The average Bonchev–Trinajstić information content (AvgIpc) is 3.21. The number of fused-ring (bicyclic) bond motifs is 3. The van der Waals surface area contributed by atoms with Gasteiger partial charge >= 0.3 is 11.6 Å². The van der Waals surface area contributed by atoms with E-state index in [1.54, 1.807) is 18.2 Å². The molecule has 0 bridgehead atoms. The Labute approximate surface area is 184 Å². The standard InChI is InChI=1S/C26H21NO5/c28-23-6-3-13-27(23)15-17-7-9-19(10-8-17)26(30)31-16-20-14-24(29)32-22-12-11-18-4-1-2-5-21(18)25(20)22/h1-2,4-5,7-12,14H,3,6,13,15-16H2. The van der Waals surface area contributed by atoms with Gasteiger partial charge in [0.25, 0.3) is 0 Å². The number of esters is 1. The molecule has 6 nitrogen and oxygen atoms in total. The molecule has 0 unspecified atom stereocenters. The number of benzene rings is 3. The molecule has 0 radical (unpaired) electrons. The first kappa shape index (κ1) is 20.0. The molecule has 4 aromatic rings. The van der Waals surface area contributed by atoms with Gasteiger partial charge in [-0.1, -0.05) is 42.5 Å². The van der Waals surface area contributed by atoms with Crippen LogP contribution in [-0.2, 0) is 22.7 Å². The Morgan fingerprint density at radius 3 is 2.59 bits per heavy atom. The van der Waals surface area contributed by atoms with Crippen LogP contribution in [0.2, 0.25) is 0 Å². The molecular formula is C26H21NO5. The van der Waals surface area contributed by atoms with Gasteiger partial charge in [-0.3, -0.25) is 4.79 Å². The summed E-state index contributed by atoms with van der Waals surface area (Å²) < 4.78 is 10.9. The summed E-state index contributed by atoms with van der Waals surface area (Å²) in [6, 6.07) is 19.9. The Hall–Kier alpha value is -3.93. The quantitative estimate of drug-likeness (QED) is 0.268. The second-order valence-electron chi connectivity index (χ2n) is 7.94. The molecular weight excluding hydrogens is 406 g/mol. The van der Waals surface area contributed by atoms with Crippen molar-refractivity contribution < 1.29 is 18.7 Å². The van der Waals surface area contributed by atoms with E-state index in [1.165, 1.54) is 6.07 Å². The maximum atomic E-state index is 12.6. The van der Waals surface area contributed by atoms with Crippen molar-refractivity contribution in [1.29, 1.82) is 0 Å². The zero-order chi connectivity index (χ0) is 22.1. The highest BCUT2D eigenvalue weighted by Crippen LogP contribution is 2.28. The highest BCUT2D eigenvalue weighted by atomic mass is 16.5. The Bertz CT molecular complexity index is 1390. The SMILES string of the molecule is O=C(OCc1cc(=O)oc2ccc3ccccc3c12)c1ccc(CN2CCCC2=O)cc1. The molecule has 5 rings (SSSR count). The number of rotatable bonds is 5. The van der Waals surface area contributed by atoms with E-state index in [-0.39, 0.29) is 12.5 Å². The highest BCUT2D eigenvalue weighted by Gasteiger charge is 2.20. The van der Waals surface area contributed by atoms with Crippen LogP contribution >= 0.6 is 0 Å². The molecule has 1 fully saturated rings. The van der Waals surface area contributed by atoms with Gasteiger partial charge in [-0.15, -0.1) is 0 Å². The number of amides is 1. The molecule has 3 aromatic carbocycles. The predicted octanol–water partition coefficient (Wildman–Crippen LogP) is 4.43. The van der Waals surface area contributed by atoms with Crippen LogP contribution in [0.5, 0.6) is 0 Å². The zero-order valence-electron chi connectivity index (χ0n) is 17.4. The largest absolute Gasteiger partial charge is 0.457 e. The second kappa shape index (κ2) is 8.30. The van der Waals surface area contributed by atoms with Crippen LogP contribution in [0.4, 0.5) is 0 Å². The highest BCUT2D eigenvalue weighted by molar-refractivity contribution is 6.07. The number of likely N-dealkylation sites (tertiary alicyclic amines) is 1. The van der Waals surface area contributed by atoms with Gasteiger partial charge in [-0.2, -0.15) is 0 Å². The van der Waals surface area contributed by atoms with Gasteiger partial charge < -0.3 is 14.1 Å². The molecule has 2 heterocycles. The third-order valence-electron chi connectivity index (χ3n) is 5.81. The first-order valence-electron chi connectivity index (χ1n) is 10.6. The van der Waals surface area contributed by atoms with E-state index in [2.05, 4.69) is 0 Å². The van der Waals surface area contributed by atoms with Crippen molar-refractivity contribution in [3.63, 3.8) is 0 Å². The fourth-order valence-corrected chi connectivity index (χ4v) is 4.20. The van der Waals surface area contributed by atoms with Crippen LogP contribution in [-0.4, -0.2) is 23.3 Å². The van der Waals surface area contributed by atoms with Crippen molar-refractivity contribution in [3.05, 3.63) is 93.8 Å². The van der Waals surface area contributed by atoms with Crippen molar-refractivity contribution in [1.82, 2.24) is 4.90 Å². The maximum absolute atomic E-state index is 12.6. The summed E-state index contributed by atoms with van der Waals surface area (Å²) >= 11 is 0. The minimum atomic E-state index is -0.486. The van der Waals surface area contributed by atoms with Crippen molar-refractivity contribution in [2.45, 2.75) is 26.0 Å². The third kappa shape index (κ3) is 3.87. The molecule has 1 saturated heterocycles. The molecule has 1 aliphatic heterocycles. The molecule has 0 spiro atoms. The second-order valence-corrected chi connectivity index (χ2v) is 7.94. The first-order chi connectivity index (χ1) is 15.6. The van der Waals surface area contributed by atoms with E-state index in [0.29, 0.717) is 29.7 Å². The molecule has 1 aromatic heterocycles. The summed E-state index contributed by atoms with van der Waals surface area (Å²) in [5.74, 6) is -0.309. The predicted molar refractivity (Wildman–Crippen MR) is 120 cm³/mol. The van der Waals surface area contributed by atoms with Crippen LogP contribution < -0.4 is 5.63 Å². The zero-order valence-corrected chi connectivity index (χ0v) is 17.4. The third-order valence-corrected chi connectivity index (χ3v) is 5.81. The lowest BCUT2D eigenvalue weighted by atomic mass is 10.0. The number of hydrogen-bond acceptors (Lipinski definition) is 5. The number of hydrogen-bond donors (Lipinski definition) is 0. The van der Waals surface area contributed by atoms with Crippen LogP contribution in [0, 0.1) is 0 Å². The Morgan fingerprint density at radius 1 is 1.00 bits per heavy atom. The van der Waals surface area contributed by atoms with E-state index in [1.807, 2.05) is 47.4 Å². The van der Waals surface area contributed by atoms with Crippen molar-refractivity contribution >= 4 is 33.6 Å². The fourth-order valence-electron chi connectivity index (χ4n) is 4.20. The minimum Gasteiger partial charge on any atom is -0.457 e. The summed E-state index contributed by atoms with van der Waals surface area (Å²) in [5, 5.41) is 2.70. The molecule has 1 amide bonds. The van der Waals surface area contributed by atoms with Crippen molar-refractivity contribution in [3.8, 4) is 0 Å². The van der Waals surface area contributed by atoms with E-state index in [0.717, 1.165) is 34.7 Å². The van der Waals surface area contributed by atoms with Crippen LogP contribution in [0.15, 0.2) is 75.9 Å². The topological polar surface area (TPSA) is 76.8 Å². The summed E-state index contributed by atoms with van der Waals surface area (Å²) in [5.41, 5.74) is 1.96. The van der Waals surface area contributed by atoms with Crippen LogP contribution in [0.1, 0.15) is 34.3 Å². The van der Waals surface area contributed by atoms with E-state index >= 15 is 0 Å². The van der Waals surface area contributed by atoms with E-state index in [9.17, 15) is 14.4 Å². The summed E-state index contributed by atoms with van der Waals surface area (Å²) in [4.78, 5) is 38.3. The number of ether oxygens (including phenoxy) is 1. The van der Waals surface area contributed by atoms with Crippen molar-refractivity contribution in [2.24, 2.45) is 0 Å². The molecule has 32 heavy (non-hydrogen) atoms. The Balaban J connectivity index is 1.35. The Kier molecular flexibility index (Phi) is 5.19. The fraction of sp³-hybridized carbons (Fsp3) is 0.192. The lowest BCUT2D eigenvalue weighted by Crippen LogP contribution is -2.23. The van der Waals surface area contributed by atoms with Gasteiger partial charge in [0.2, 0.25) is 5.91 Å². The van der Waals surface area contributed by atoms with Gasteiger partial charge in [0.05, 0.1) is 5.56 Å². The van der Waals surface area contributed by atoms with E-state index < -0.39 is 11.6 Å². The van der Waals surface area contributed by atoms with Gasteiger partial charge in [-0.25, -0.2) is 9.59 Å².